The van der Waals surface area contributed by atoms with Gasteiger partial charge < -0.3 is 15.2 Å². The van der Waals surface area contributed by atoms with E-state index in [-0.39, 0.29) is 24.4 Å². The summed E-state index contributed by atoms with van der Waals surface area (Å²) in [7, 11) is 0. The molecule has 1 unspecified atom stereocenters. The van der Waals surface area contributed by atoms with Crippen molar-refractivity contribution in [2.24, 2.45) is 10.9 Å². The van der Waals surface area contributed by atoms with Crippen molar-refractivity contribution in [3.8, 4) is 5.75 Å². The summed E-state index contributed by atoms with van der Waals surface area (Å²) >= 11 is 12.8. The zero-order valence-electron chi connectivity index (χ0n) is 20.5. The van der Waals surface area contributed by atoms with Crippen LogP contribution < -0.4 is 10.1 Å². The minimum atomic E-state index is -0.927. The number of halogens is 3. The Kier molecular flexibility index (Phi) is 7.01. The molecular formula is C29H27Cl2FN2O3. The van der Waals surface area contributed by atoms with E-state index in [0.29, 0.717) is 22.3 Å². The van der Waals surface area contributed by atoms with E-state index in [9.17, 15) is 14.3 Å². The second kappa shape index (κ2) is 10.1. The molecular weight excluding hydrogens is 514 g/mol. The number of hydrogen-bond acceptors (Lipinski definition) is 4. The molecule has 0 saturated carbocycles. The van der Waals surface area contributed by atoms with Crippen LogP contribution in [0.5, 0.6) is 5.75 Å². The maximum Gasteiger partial charge on any atom is 0.309 e. The molecule has 4 atom stereocenters. The van der Waals surface area contributed by atoms with Gasteiger partial charge in [0.05, 0.1) is 17.0 Å². The molecule has 1 saturated heterocycles. The number of benzene rings is 3. The minimum Gasteiger partial charge on any atom is -0.492 e. The lowest BCUT2D eigenvalue weighted by Gasteiger charge is -2.48. The predicted octanol–water partition coefficient (Wildman–Crippen LogP) is 7.01. The van der Waals surface area contributed by atoms with Gasteiger partial charge in [-0.15, -0.1) is 0 Å². The Bertz CT molecular complexity index is 1400. The van der Waals surface area contributed by atoms with Crippen LogP contribution in [0.4, 0.5) is 10.1 Å². The number of nitrogens with one attached hydrogen (secondary N) is 1. The Hall–Kier alpha value is -2.93. The molecule has 0 aromatic heterocycles. The van der Waals surface area contributed by atoms with Crippen molar-refractivity contribution >= 4 is 41.1 Å². The average Bonchev–Trinajstić information content (AvgIpc) is 3.23. The second-order valence-electron chi connectivity index (χ2n) is 9.81. The van der Waals surface area contributed by atoms with Gasteiger partial charge in [0.15, 0.2) is 0 Å². The summed E-state index contributed by atoms with van der Waals surface area (Å²) in [5.41, 5.74) is 3.73. The van der Waals surface area contributed by atoms with Crippen LogP contribution in [-0.4, -0.2) is 30.4 Å². The van der Waals surface area contributed by atoms with Gasteiger partial charge in [-0.05, 0) is 86.0 Å². The van der Waals surface area contributed by atoms with Gasteiger partial charge in [-0.25, -0.2) is 4.39 Å². The number of carboxylic acids is 1. The van der Waals surface area contributed by atoms with E-state index in [0.717, 1.165) is 34.4 Å². The molecule has 0 bridgehead atoms. The van der Waals surface area contributed by atoms with Crippen LogP contribution in [0.15, 0.2) is 59.6 Å². The standard InChI is InChI=1S/C29H27Cl2FN2O3/c1-16-3-6-20(32)13-21(16)27-29(15-34-25-12-19(31)4-7-24(25)29)23(9-10-33-27)22-11-18(30)5-8-26(22)37-14-17(2)28(35)36/h3-8,11-13,15,17,23,27,33H,9-10,14H2,1-2H3,(H,35,36)/t17?,23-,27-,29+/m0/s1. The summed E-state index contributed by atoms with van der Waals surface area (Å²) in [6.07, 6.45) is 2.68. The van der Waals surface area contributed by atoms with E-state index in [4.69, 9.17) is 32.9 Å². The first kappa shape index (κ1) is 25.7. The van der Waals surface area contributed by atoms with E-state index in [1.807, 2.05) is 37.4 Å². The second-order valence-corrected chi connectivity index (χ2v) is 10.7. The number of aliphatic imine (C=N–C) groups is 1. The molecule has 1 fully saturated rings. The van der Waals surface area contributed by atoms with Crippen molar-refractivity contribution in [3.63, 3.8) is 0 Å². The van der Waals surface area contributed by atoms with Crippen molar-refractivity contribution in [3.05, 3.63) is 92.7 Å². The van der Waals surface area contributed by atoms with Crippen molar-refractivity contribution in [1.82, 2.24) is 5.32 Å². The van der Waals surface area contributed by atoms with Gasteiger partial charge >= 0.3 is 5.97 Å². The smallest absolute Gasteiger partial charge is 0.309 e. The molecule has 37 heavy (non-hydrogen) atoms. The maximum absolute atomic E-state index is 14.5. The van der Waals surface area contributed by atoms with Gasteiger partial charge in [0, 0.05) is 33.8 Å². The van der Waals surface area contributed by atoms with Gasteiger partial charge in [0.1, 0.15) is 18.2 Å². The minimum absolute atomic E-state index is 0.0225. The third-order valence-electron chi connectivity index (χ3n) is 7.49. The van der Waals surface area contributed by atoms with Crippen LogP contribution >= 0.6 is 23.2 Å². The molecule has 5 rings (SSSR count). The highest BCUT2D eigenvalue weighted by Crippen LogP contribution is 2.57. The molecule has 2 N–H and O–H groups in total. The lowest BCUT2D eigenvalue weighted by molar-refractivity contribution is -0.142. The molecule has 0 radical (unpaired) electrons. The molecule has 0 amide bonds. The Labute approximate surface area is 225 Å². The van der Waals surface area contributed by atoms with Crippen LogP contribution in [0, 0.1) is 18.7 Å². The fourth-order valence-corrected chi connectivity index (χ4v) is 5.97. The Morgan fingerprint density at radius 2 is 1.92 bits per heavy atom. The first-order valence-electron chi connectivity index (χ1n) is 12.2. The highest BCUT2D eigenvalue weighted by atomic mass is 35.5. The Morgan fingerprint density at radius 1 is 1.16 bits per heavy atom. The predicted molar refractivity (Wildman–Crippen MR) is 144 cm³/mol. The third-order valence-corrected chi connectivity index (χ3v) is 7.96. The monoisotopic (exact) mass is 540 g/mol. The van der Waals surface area contributed by atoms with Crippen LogP contribution in [0.1, 0.15) is 47.6 Å². The maximum atomic E-state index is 14.5. The van der Waals surface area contributed by atoms with Gasteiger partial charge in [0.25, 0.3) is 0 Å². The van der Waals surface area contributed by atoms with Crippen molar-refractivity contribution in [1.29, 1.82) is 0 Å². The zero-order chi connectivity index (χ0) is 26.3. The van der Waals surface area contributed by atoms with Crippen molar-refractivity contribution in [2.75, 3.05) is 13.2 Å². The van der Waals surface area contributed by atoms with E-state index in [1.54, 1.807) is 31.2 Å². The topological polar surface area (TPSA) is 70.9 Å². The highest BCUT2D eigenvalue weighted by Gasteiger charge is 2.53. The highest BCUT2D eigenvalue weighted by molar-refractivity contribution is 6.31. The number of ether oxygens (including phenoxy) is 1. The number of piperidine rings is 1. The van der Waals surface area contributed by atoms with Crippen LogP contribution in [0.3, 0.4) is 0 Å². The molecule has 3 aromatic rings. The first-order valence-corrected chi connectivity index (χ1v) is 13.0. The van der Waals surface area contributed by atoms with E-state index < -0.39 is 17.3 Å². The fourth-order valence-electron chi connectivity index (χ4n) is 5.62. The molecule has 2 aliphatic rings. The quantitative estimate of drug-likeness (QED) is 0.352. The summed E-state index contributed by atoms with van der Waals surface area (Å²) in [6, 6.07) is 15.6. The number of aryl methyl sites for hydroxylation is 1. The number of nitrogens with zero attached hydrogens (tertiary/aromatic N) is 1. The Morgan fingerprint density at radius 3 is 2.70 bits per heavy atom. The summed E-state index contributed by atoms with van der Waals surface area (Å²) in [5.74, 6) is -1.48. The lowest BCUT2D eigenvalue weighted by atomic mass is 9.59. The zero-order valence-corrected chi connectivity index (χ0v) is 22.0. The molecule has 0 aliphatic carbocycles. The summed E-state index contributed by atoms with van der Waals surface area (Å²) in [6.45, 7) is 4.27. The summed E-state index contributed by atoms with van der Waals surface area (Å²) in [5, 5.41) is 14.1. The number of fused-ring (bicyclic) bond motifs is 2. The summed E-state index contributed by atoms with van der Waals surface area (Å²) in [4.78, 5) is 16.2. The summed E-state index contributed by atoms with van der Waals surface area (Å²) < 4.78 is 20.6. The fraction of sp³-hybridized carbons (Fsp3) is 0.310. The van der Waals surface area contributed by atoms with Crippen LogP contribution in [-0.2, 0) is 10.2 Å². The number of carboxylic acid groups (broad SMARTS) is 1. The van der Waals surface area contributed by atoms with Crippen LogP contribution in [0.25, 0.3) is 0 Å². The molecule has 8 heteroatoms. The molecule has 1 spiro atoms. The molecule has 2 heterocycles. The van der Waals surface area contributed by atoms with Gasteiger partial charge in [0.2, 0.25) is 0 Å². The molecule has 3 aromatic carbocycles. The number of rotatable bonds is 6. The molecule has 192 valence electrons. The molecule has 5 nitrogen and oxygen atoms in total. The van der Waals surface area contributed by atoms with E-state index >= 15 is 0 Å². The first-order chi connectivity index (χ1) is 17.7. The van der Waals surface area contributed by atoms with E-state index in [1.165, 1.54) is 6.07 Å². The SMILES string of the molecule is Cc1ccc(F)cc1[C@@H]1NCC[C@@H](c2cc(Cl)ccc2OCC(C)C(=O)O)[C@@]12C=Nc1cc(Cl)ccc12. The average molecular weight is 541 g/mol. The molecule has 2 aliphatic heterocycles. The third kappa shape index (κ3) is 4.63. The number of hydrogen-bond donors (Lipinski definition) is 2. The largest absolute Gasteiger partial charge is 0.492 e. The Balaban J connectivity index is 1.69. The van der Waals surface area contributed by atoms with Gasteiger partial charge in [-0.3, -0.25) is 9.79 Å². The number of aliphatic carboxylic acids is 1. The van der Waals surface area contributed by atoms with Crippen molar-refractivity contribution < 1.29 is 19.0 Å². The number of carbonyl (C=O) groups is 1. The normalized spacial score (nSPS) is 23.2. The van der Waals surface area contributed by atoms with E-state index in [2.05, 4.69) is 5.32 Å². The lowest BCUT2D eigenvalue weighted by Crippen LogP contribution is -2.51. The van der Waals surface area contributed by atoms with Gasteiger partial charge in [-0.1, -0.05) is 35.3 Å². The van der Waals surface area contributed by atoms with Crippen LogP contribution in [0.2, 0.25) is 10.0 Å². The van der Waals surface area contributed by atoms with Crippen molar-refractivity contribution in [2.45, 2.75) is 37.6 Å². The van der Waals surface area contributed by atoms with Gasteiger partial charge in [-0.2, -0.15) is 0 Å².